The number of aromatic hydroxyl groups is 3. The third kappa shape index (κ3) is 3.02. The Bertz CT molecular complexity index is 633. The lowest BCUT2D eigenvalue weighted by Gasteiger charge is -2.04. The molecular weight excluding hydrogens is 262 g/mol. The fourth-order valence-corrected chi connectivity index (χ4v) is 1.42. The van der Waals surface area contributed by atoms with Gasteiger partial charge in [0.2, 0.25) is 0 Å². The minimum atomic E-state index is -0.680. The standard InChI is InChI=1S/C13H11N3O4/c17-10-4-9(5-11(18)12(10)19)13(20)16-15-7-8-2-1-3-14-6-8/h1-7,17-19H,(H,16,20)/b15-7-. The van der Waals surface area contributed by atoms with Gasteiger partial charge in [0, 0.05) is 23.5 Å². The van der Waals surface area contributed by atoms with Crippen molar-refractivity contribution >= 4 is 12.1 Å². The summed E-state index contributed by atoms with van der Waals surface area (Å²) in [4.78, 5) is 15.6. The highest BCUT2D eigenvalue weighted by Crippen LogP contribution is 2.35. The third-order valence-electron chi connectivity index (χ3n) is 2.40. The highest BCUT2D eigenvalue weighted by molar-refractivity contribution is 5.96. The van der Waals surface area contributed by atoms with Gasteiger partial charge in [0.25, 0.3) is 5.91 Å². The summed E-state index contributed by atoms with van der Waals surface area (Å²) in [6.45, 7) is 0. The summed E-state index contributed by atoms with van der Waals surface area (Å²) in [6.07, 6.45) is 4.57. The number of carbonyl (C=O) groups excluding carboxylic acids is 1. The van der Waals surface area contributed by atoms with Crippen molar-refractivity contribution in [3.05, 3.63) is 47.8 Å². The first-order valence-electron chi connectivity index (χ1n) is 5.56. The van der Waals surface area contributed by atoms with Crippen LogP contribution in [-0.2, 0) is 0 Å². The van der Waals surface area contributed by atoms with Crippen LogP contribution in [0.5, 0.6) is 17.2 Å². The van der Waals surface area contributed by atoms with Gasteiger partial charge in [-0.15, -0.1) is 0 Å². The van der Waals surface area contributed by atoms with E-state index in [-0.39, 0.29) is 5.56 Å². The van der Waals surface area contributed by atoms with Crippen LogP contribution in [0.1, 0.15) is 15.9 Å². The van der Waals surface area contributed by atoms with Gasteiger partial charge in [0.05, 0.1) is 6.21 Å². The number of aromatic nitrogens is 1. The van der Waals surface area contributed by atoms with Gasteiger partial charge in [-0.25, -0.2) is 5.43 Å². The zero-order chi connectivity index (χ0) is 14.5. The fourth-order valence-electron chi connectivity index (χ4n) is 1.42. The lowest BCUT2D eigenvalue weighted by atomic mass is 10.2. The van der Waals surface area contributed by atoms with E-state index in [1.54, 1.807) is 24.5 Å². The minimum Gasteiger partial charge on any atom is -0.504 e. The predicted octanol–water partition coefficient (Wildman–Crippen LogP) is 0.962. The Morgan fingerprint density at radius 2 is 1.95 bits per heavy atom. The quantitative estimate of drug-likeness (QED) is 0.378. The van der Waals surface area contributed by atoms with Crippen molar-refractivity contribution in [3.63, 3.8) is 0 Å². The second kappa shape index (κ2) is 5.70. The van der Waals surface area contributed by atoms with Crippen LogP contribution < -0.4 is 5.43 Å². The molecule has 0 aliphatic heterocycles. The first kappa shape index (κ1) is 13.3. The fraction of sp³-hybridized carbons (Fsp3) is 0. The molecule has 1 heterocycles. The maximum Gasteiger partial charge on any atom is 0.271 e. The number of hydrogen-bond donors (Lipinski definition) is 4. The van der Waals surface area contributed by atoms with Gasteiger partial charge in [0.15, 0.2) is 17.2 Å². The first-order valence-corrected chi connectivity index (χ1v) is 5.56. The van der Waals surface area contributed by atoms with Crippen molar-refractivity contribution in [1.29, 1.82) is 0 Å². The third-order valence-corrected chi connectivity index (χ3v) is 2.40. The molecule has 7 nitrogen and oxygen atoms in total. The summed E-state index contributed by atoms with van der Waals surface area (Å²) in [5, 5.41) is 31.5. The highest BCUT2D eigenvalue weighted by atomic mass is 16.3. The summed E-state index contributed by atoms with van der Waals surface area (Å²) in [5.74, 6) is -2.51. The molecule has 2 aromatic rings. The molecule has 2 rings (SSSR count). The SMILES string of the molecule is O=C(N/N=C\c1cccnc1)c1cc(O)c(O)c(O)c1. The molecule has 4 N–H and O–H groups in total. The van der Waals surface area contributed by atoms with E-state index in [4.69, 9.17) is 5.11 Å². The molecule has 1 aromatic carbocycles. The second-order valence-corrected chi connectivity index (χ2v) is 3.85. The maximum atomic E-state index is 11.7. The molecule has 0 saturated heterocycles. The van der Waals surface area contributed by atoms with Crippen LogP contribution in [0.2, 0.25) is 0 Å². The monoisotopic (exact) mass is 273 g/mol. The molecule has 0 saturated carbocycles. The summed E-state index contributed by atoms with van der Waals surface area (Å²) in [6, 6.07) is 5.51. The molecule has 0 aliphatic carbocycles. The van der Waals surface area contributed by atoms with Crippen LogP contribution in [0.3, 0.4) is 0 Å². The van der Waals surface area contributed by atoms with Crippen LogP contribution >= 0.6 is 0 Å². The topological polar surface area (TPSA) is 115 Å². The largest absolute Gasteiger partial charge is 0.504 e. The normalized spacial score (nSPS) is 10.6. The van der Waals surface area contributed by atoms with E-state index in [1.807, 2.05) is 0 Å². The molecule has 7 heteroatoms. The van der Waals surface area contributed by atoms with E-state index in [0.717, 1.165) is 12.1 Å². The number of pyridine rings is 1. The van der Waals surface area contributed by atoms with Crippen molar-refractivity contribution < 1.29 is 20.1 Å². The number of hydrogen-bond acceptors (Lipinski definition) is 6. The number of phenols is 3. The lowest BCUT2D eigenvalue weighted by molar-refractivity contribution is 0.0954. The van der Waals surface area contributed by atoms with E-state index in [2.05, 4.69) is 15.5 Å². The number of hydrazone groups is 1. The Morgan fingerprint density at radius 3 is 2.55 bits per heavy atom. The first-order chi connectivity index (χ1) is 9.58. The minimum absolute atomic E-state index is 0.0406. The Balaban J connectivity index is 2.08. The number of nitrogens with one attached hydrogen (secondary N) is 1. The lowest BCUT2D eigenvalue weighted by Crippen LogP contribution is -2.17. The number of benzene rings is 1. The van der Waals surface area contributed by atoms with Crippen molar-refractivity contribution in [3.8, 4) is 17.2 Å². The van der Waals surface area contributed by atoms with E-state index in [9.17, 15) is 15.0 Å². The molecular formula is C13H11N3O4. The zero-order valence-electron chi connectivity index (χ0n) is 10.2. The van der Waals surface area contributed by atoms with Gasteiger partial charge in [-0.2, -0.15) is 5.10 Å². The molecule has 0 atom stereocenters. The van der Waals surface area contributed by atoms with Crippen LogP contribution in [0.25, 0.3) is 0 Å². The highest BCUT2D eigenvalue weighted by Gasteiger charge is 2.12. The summed E-state index contributed by atoms with van der Waals surface area (Å²) in [7, 11) is 0. The Kier molecular flexibility index (Phi) is 3.80. The number of rotatable bonds is 3. The molecule has 1 aromatic heterocycles. The van der Waals surface area contributed by atoms with Gasteiger partial charge in [0.1, 0.15) is 0 Å². The van der Waals surface area contributed by atoms with E-state index >= 15 is 0 Å². The average molecular weight is 273 g/mol. The number of phenolic OH excluding ortho intramolecular Hbond substituents is 3. The van der Waals surface area contributed by atoms with E-state index in [1.165, 1.54) is 6.21 Å². The van der Waals surface area contributed by atoms with Gasteiger partial charge in [-0.3, -0.25) is 9.78 Å². The van der Waals surface area contributed by atoms with Crippen LogP contribution in [0, 0.1) is 0 Å². The second-order valence-electron chi connectivity index (χ2n) is 3.85. The maximum absolute atomic E-state index is 11.7. The Labute approximate surface area is 113 Å². The van der Waals surface area contributed by atoms with E-state index in [0.29, 0.717) is 5.56 Å². The average Bonchev–Trinajstić information content (AvgIpc) is 2.45. The Morgan fingerprint density at radius 1 is 1.25 bits per heavy atom. The van der Waals surface area contributed by atoms with Crippen molar-refractivity contribution in [1.82, 2.24) is 10.4 Å². The van der Waals surface area contributed by atoms with Crippen LogP contribution in [-0.4, -0.2) is 32.4 Å². The molecule has 0 unspecified atom stereocenters. The summed E-state index contributed by atoms with van der Waals surface area (Å²) >= 11 is 0. The molecule has 0 radical (unpaired) electrons. The van der Waals surface area contributed by atoms with Gasteiger partial charge in [-0.05, 0) is 18.2 Å². The smallest absolute Gasteiger partial charge is 0.271 e. The molecule has 0 fully saturated rings. The van der Waals surface area contributed by atoms with Crippen molar-refractivity contribution in [2.24, 2.45) is 5.10 Å². The summed E-state index contributed by atoms with van der Waals surface area (Å²) in [5.41, 5.74) is 2.88. The van der Waals surface area contributed by atoms with Crippen LogP contribution in [0.15, 0.2) is 41.8 Å². The summed E-state index contributed by atoms with van der Waals surface area (Å²) < 4.78 is 0. The molecule has 0 bridgehead atoms. The van der Waals surface area contributed by atoms with Gasteiger partial charge < -0.3 is 15.3 Å². The van der Waals surface area contributed by atoms with Gasteiger partial charge >= 0.3 is 0 Å². The molecule has 1 amide bonds. The molecule has 0 spiro atoms. The molecule has 0 aliphatic rings. The number of amides is 1. The predicted molar refractivity (Wildman–Crippen MR) is 70.7 cm³/mol. The molecule has 20 heavy (non-hydrogen) atoms. The number of carbonyl (C=O) groups is 1. The number of nitrogens with zero attached hydrogens (tertiary/aromatic N) is 2. The Hall–Kier alpha value is -3.09. The van der Waals surface area contributed by atoms with Crippen molar-refractivity contribution in [2.75, 3.05) is 0 Å². The zero-order valence-corrected chi connectivity index (χ0v) is 10.2. The van der Waals surface area contributed by atoms with E-state index < -0.39 is 23.2 Å². The van der Waals surface area contributed by atoms with Gasteiger partial charge in [-0.1, -0.05) is 6.07 Å². The molecule has 102 valence electrons. The van der Waals surface area contributed by atoms with Crippen LogP contribution in [0.4, 0.5) is 0 Å². The van der Waals surface area contributed by atoms with Crippen molar-refractivity contribution in [2.45, 2.75) is 0 Å².